The summed E-state index contributed by atoms with van der Waals surface area (Å²) in [5, 5.41) is 0. The van der Waals surface area contributed by atoms with Crippen molar-refractivity contribution in [3.05, 3.63) is 0 Å². The number of likely N-dealkylation sites (tertiary alicyclic amines) is 1. The van der Waals surface area contributed by atoms with E-state index in [4.69, 9.17) is 0 Å². The summed E-state index contributed by atoms with van der Waals surface area (Å²) in [6.07, 6.45) is 6.46. The van der Waals surface area contributed by atoms with Gasteiger partial charge >= 0.3 is 0 Å². The third kappa shape index (κ3) is 2.93. The van der Waals surface area contributed by atoms with Crippen molar-refractivity contribution < 1.29 is 9.59 Å². The number of nitrogens with zero attached hydrogens (tertiary/aromatic N) is 1. The second kappa shape index (κ2) is 5.85. The lowest BCUT2D eigenvalue weighted by atomic mass is 9.94. The Balaban J connectivity index is 1.94. The molecule has 0 aromatic rings. The molecule has 1 amide bonds. The SMILES string of the molecule is CC(C)CCC(=O)N1CCCC1C1CCCC1=O. The van der Waals surface area contributed by atoms with Gasteiger partial charge in [-0.05, 0) is 38.0 Å². The maximum Gasteiger partial charge on any atom is 0.222 e. The zero-order chi connectivity index (χ0) is 13.1. The topological polar surface area (TPSA) is 37.4 Å². The molecule has 0 N–H and O–H groups in total. The summed E-state index contributed by atoms with van der Waals surface area (Å²) < 4.78 is 0. The highest BCUT2D eigenvalue weighted by atomic mass is 16.2. The quantitative estimate of drug-likeness (QED) is 0.770. The van der Waals surface area contributed by atoms with Crippen molar-refractivity contribution in [1.82, 2.24) is 4.90 Å². The molecule has 2 aliphatic rings. The highest BCUT2D eigenvalue weighted by Crippen LogP contribution is 2.33. The van der Waals surface area contributed by atoms with Crippen LogP contribution in [-0.4, -0.2) is 29.2 Å². The first-order valence-corrected chi connectivity index (χ1v) is 7.41. The van der Waals surface area contributed by atoms with Crippen LogP contribution < -0.4 is 0 Å². The van der Waals surface area contributed by atoms with E-state index in [1.54, 1.807) is 0 Å². The Bertz CT molecular complexity index is 324. The second-order valence-corrected chi connectivity index (χ2v) is 6.19. The summed E-state index contributed by atoms with van der Waals surface area (Å²) in [4.78, 5) is 26.1. The van der Waals surface area contributed by atoms with Crippen molar-refractivity contribution in [2.24, 2.45) is 11.8 Å². The van der Waals surface area contributed by atoms with E-state index in [-0.39, 0.29) is 17.9 Å². The molecule has 3 nitrogen and oxygen atoms in total. The first-order valence-electron chi connectivity index (χ1n) is 7.41. The minimum absolute atomic E-state index is 0.149. The number of hydrogen-bond donors (Lipinski definition) is 0. The van der Waals surface area contributed by atoms with E-state index in [2.05, 4.69) is 13.8 Å². The van der Waals surface area contributed by atoms with Gasteiger partial charge in [-0.3, -0.25) is 9.59 Å². The van der Waals surface area contributed by atoms with Gasteiger partial charge in [0.15, 0.2) is 0 Å². The predicted molar refractivity (Wildman–Crippen MR) is 71.2 cm³/mol. The van der Waals surface area contributed by atoms with Gasteiger partial charge in [-0.2, -0.15) is 0 Å². The molecule has 2 rings (SSSR count). The van der Waals surface area contributed by atoms with Crippen molar-refractivity contribution in [2.45, 2.75) is 64.8 Å². The van der Waals surface area contributed by atoms with E-state index in [1.165, 1.54) is 0 Å². The second-order valence-electron chi connectivity index (χ2n) is 6.19. The fourth-order valence-corrected chi connectivity index (χ4v) is 3.33. The third-order valence-corrected chi connectivity index (χ3v) is 4.37. The van der Waals surface area contributed by atoms with Gasteiger partial charge in [-0.1, -0.05) is 13.8 Å². The predicted octanol–water partition coefficient (Wildman–Crippen LogP) is 2.78. The standard InChI is InChI=1S/C15H25NO2/c1-11(2)8-9-15(18)16-10-4-6-13(16)12-5-3-7-14(12)17/h11-13H,3-10H2,1-2H3. The van der Waals surface area contributed by atoms with E-state index in [0.717, 1.165) is 45.1 Å². The Hall–Kier alpha value is -0.860. The summed E-state index contributed by atoms with van der Waals surface area (Å²) in [6.45, 7) is 5.16. The Kier molecular flexibility index (Phi) is 4.41. The normalized spacial score (nSPS) is 28.4. The van der Waals surface area contributed by atoms with Crippen molar-refractivity contribution in [3.8, 4) is 0 Å². The number of hydrogen-bond acceptors (Lipinski definition) is 2. The minimum atomic E-state index is 0.149. The molecule has 1 aliphatic heterocycles. The molecule has 2 fully saturated rings. The molecule has 102 valence electrons. The van der Waals surface area contributed by atoms with Crippen molar-refractivity contribution in [1.29, 1.82) is 0 Å². The van der Waals surface area contributed by atoms with Crippen LogP contribution in [0.2, 0.25) is 0 Å². The Morgan fingerprint density at radius 1 is 1.33 bits per heavy atom. The van der Waals surface area contributed by atoms with Gasteiger partial charge in [0.1, 0.15) is 5.78 Å². The monoisotopic (exact) mass is 251 g/mol. The van der Waals surface area contributed by atoms with E-state index >= 15 is 0 Å². The van der Waals surface area contributed by atoms with Gasteiger partial charge in [-0.25, -0.2) is 0 Å². The Morgan fingerprint density at radius 2 is 2.11 bits per heavy atom. The molecule has 0 aromatic heterocycles. The highest BCUT2D eigenvalue weighted by molar-refractivity contribution is 5.85. The largest absolute Gasteiger partial charge is 0.339 e. The molecule has 18 heavy (non-hydrogen) atoms. The number of carbonyl (C=O) groups is 2. The number of ketones is 1. The molecule has 0 radical (unpaired) electrons. The van der Waals surface area contributed by atoms with Crippen LogP contribution in [0, 0.1) is 11.8 Å². The Morgan fingerprint density at radius 3 is 2.72 bits per heavy atom. The third-order valence-electron chi connectivity index (χ3n) is 4.37. The van der Waals surface area contributed by atoms with Gasteiger partial charge in [0.2, 0.25) is 5.91 Å². The zero-order valence-electron chi connectivity index (χ0n) is 11.7. The van der Waals surface area contributed by atoms with Gasteiger partial charge in [0.05, 0.1) is 0 Å². The van der Waals surface area contributed by atoms with Crippen LogP contribution in [0.3, 0.4) is 0 Å². The number of Topliss-reactive ketones (excluding diaryl/α,β-unsaturated/α-hetero) is 1. The van der Waals surface area contributed by atoms with Crippen LogP contribution in [0.25, 0.3) is 0 Å². The van der Waals surface area contributed by atoms with Gasteiger partial charge in [-0.15, -0.1) is 0 Å². The average Bonchev–Trinajstić information content (AvgIpc) is 2.93. The fraction of sp³-hybridized carbons (Fsp3) is 0.867. The maximum atomic E-state index is 12.2. The Labute approximate surface area is 110 Å². The smallest absolute Gasteiger partial charge is 0.222 e. The lowest BCUT2D eigenvalue weighted by Gasteiger charge is -2.29. The molecule has 2 unspecified atom stereocenters. The highest BCUT2D eigenvalue weighted by Gasteiger charge is 2.39. The molecule has 0 bridgehead atoms. The van der Waals surface area contributed by atoms with Crippen LogP contribution in [0.5, 0.6) is 0 Å². The van der Waals surface area contributed by atoms with Crippen LogP contribution in [-0.2, 0) is 9.59 Å². The first kappa shape index (κ1) is 13.6. The number of carbonyl (C=O) groups excluding carboxylic acids is 2. The van der Waals surface area contributed by atoms with Gasteiger partial charge < -0.3 is 4.90 Å². The van der Waals surface area contributed by atoms with Crippen LogP contribution in [0.15, 0.2) is 0 Å². The van der Waals surface area contributed by atoms with Crippen molar-refractivity contribution >= 4 is 11.7 Å². The zero-order valence-corrected chi connectivity index (χ0v) is 11.7. The van der Waals surface area contributed by atoms with E-state index in [0.29, 0.717) is 18.1 Å². The van der Waals surface area contributed by atoms with Crippen LogP contribution in [0.1, 0.15) is 58.8 Å². The van der Waals surface area contributed by atoms with Crippen molar-refractivity contribution in [3.63, 3.8) is 0 Å². The molecule has 0 aromatic carbocycles. The molecule has 1 saturated heterocycles. The maximum absolute atomic E-state index is 12.2. The van der Waals surface area contributed by atoms with E-state index in [1.807, 2.05) is 4.90 Å². The molecule has 2 atom stereocenters. The molecule has 0 spiro atoms. The number of rotatable bonds is 4. The molecule has 3 heteroatoms. The van der Waals surface area contributed by atoms with E-state index in [9.17, 15) is 9.59 Å². The molecule has 1 heterocycles. The van der Waals surface area contributed by atoms with Gasteiger partial charge in [0, 0.05) is 31.3 Å². The van der Waals surface area contributed by atoms with Crippen molar-refractivity contribution in [2.75, 3.05) is 6.54 Å². The summed E-state index contributed by atoms with van der Waals surface area (Å²) in [5.41, 5.74) is 0. The minimum Gasteiger partial charge on any atom is -0.339 e. The number of amides is 1. The first-order chi connectivity index (χ1) is 8.59. The lowest BCUT2D eigenvalue weighted by Crippen LogP contribution is -2.41. The summed E-state index contributed by atoms with van der Waals surface area (Å²) in [7, 11) is 0. The lowest BCUT2D eigenvalue weighted by molar-refractivity contribution is -0.134. The average molecular weight is 251 g/mol. The van der Waals surface area contributed by atoms with Gasteiger partial charge in [0.25, 0.3) is 0 Å². The molecule has 1 saturated carbocycles. The summed E-state index contributed by atoms with van der Waals surface area (Å²) in [5.74, 6) is 1.38. The summed E-state index contributed by atoms with van der Waals surface area (Å²) in [6, 6.07) is 0.222. The molecule has 1 aliphatic carbocycles. The summed E-state index contributed by atoms with van der Waals surface area (Å²) >= 11 is 0. The van der Waals surface area contributed by atoms with Crippen LogP contribution in [0.4, 0.5) is 0 Å². The molecular weight excluding hydrogens is 226 g/mol. The van der Waals surface area contributed by atoms with Crippen LogP contribution >= 0.6 is 0 Å². The fourth-order valence-electron chi connectivity index (χ4n) is 3.33. The van der Waals surface area contributed by atoms with E-state index < -0.39 is 0 Å². The molecular formula is C15H25NO2.